The molecule has 16 heavy (non-hydrogen) atoms. The maximum absolute atomic E-state index is 12.5. The third-order valence-electron chi connectivity index (χ3n) is 1.54. The molecular formula is C8F8. The van der Waals surface area contributed by atoms with Crippen molar-refractivity contribution in [1.29, 1.82) is 0 Å². The summed E-state index contributed by atoms with van der Waals surface area (Å²) in [6, 6.07) is 0. The van der Waals surface area contributed by atoms with Gasteiger partial charge in [-0.25, -0.2) is 35.1 Å². The van der Waals surface area contributed by atoms with Gasteiger partial charge in [-0.2, -0.15) is 0 Å². The van der Waals surface area contributed by atoms with Crippen molar-refractivity contribution in [1.82, 2.24) is 0 Å². The Morgan fingerprint density at radius 2 is 0.312 bits per heavy atom. The van der Waals surface area contributed by atoms with Gasteiger partial charge in [0.05, 0.1) is 0 Å². The molecule has 0 atom stereocenters. The summed E-state index contributed by atoms with van der Waals surface area (Å²) in [5.74, 6) is -22.4. The average Bonchev–Trinajstić information content (AvgIpc) is 2.30. The Labute approximate surface area is 82.9 Å². The highest BCUT2D eigenvalue weighted by Crippen LogP contribution is 2.39. The van der Waals surface area contributed by atoms with Crippen molar-refractivity contribution in [3.8, 4) is 0 Å². The molecule has 0 aromatic heterocycles. The van der Waals surface area contributed by atoms with Crippen LogP contribution in [0.4, 0.5) is 35.1 Å². The van der Waals surface area contributed by atoms with E-state index in [0.717, 1.165) is 0 Å². The summed E-state index contributed by atoms with van der Waals surface area (Å²) < 4.78 is 99.7. The van der Waals surface area contributed by atoms with Gasteiger partial charge in [-0.05, 0) is 0 Å². The van der Waals surface area contributed by atoms with E-state index in [0.29, 0.717) is 0 Å². The molecule has 0 amide bonds. The Hall–Kier alpha value is -1.60. The van der Waals surface area contributed by atoms with E-state index in [1.165, 1.54) is 0 Å². The molecule has 0 spiro atoms. The predicted octanol–water partition coefficient (Wildman–Crippen LogP) is 4.60. The fourth-order valence-corrected chi connectivity index (χ4v) is 0.771. The largest absolute Gasteiger partial charge is 0.200 e. The lowest BCUT2D eigenvalue weighted by Gasteiger charge is -2.05. The number of hydrogen-bond acceptors (Lipinski definition) is 0. The highest BCUT2D eigenvalue weighted by Gasteiger charge is 2.32. The summed E-state index contributed by atoms with van der Waals surface area (Å²) in [5, 5.41) is 0. The first-order valence-corrected chi connectivity index (χ1v) is 3.51. The minimum absolute atomic E-state index is 2.80. The van der Waals surface area contributed by atoms with Gasteiger partial charge < -0.3 is 0 Å². The molecule has 0 radical (unpaired) electrons. The topological polar surface area (TPSA) is 0 Å². The molecule has 0 aromatic rings. The van der Waals surface area contributed by atoms with E-state index in [9.17, 15) is 35.1 Å². The first-order chi connectivity index (χ1) is 7.29. The Kier molecular flexibility index (Phi) is 3.20. The lowest BCUT2D eigenvalue weighted by atomic mass is 10.2. The van der Waals surface area contributed by atoms with E-state index >= 15 is 0 Å². The quantitative estimate of drug-likeness (QED) is 0.549. The summed E-state index contributed by atoms with van der Waals surface area (Å²) in [6.07, 6.45) is 0. The van der Waals surface area contributed by atoms with Crippen LogP contribution in [0.1, 0.15) is 0 Å². The van der Waals surface area contributed by atoms with Crippen molar-refractivity contribution in [3.63, 3.8) is 0 Å². The maximum Gasteiger partial charge on any atom is 0.200 e. The normalized spacial score (nSPS) is 19.5. The fourth-order valence-electron chi connectivity index (χ4n) is 0.771. The summed E-state index contributed by atoms with van der Waals surface area (Å²) in [7, 11) is 0. The predicted molar refractivity (Wildman–Crippen MR) is 37.0 cm³/mol. The van der Waals surface area contributed by atoms with Gasteiger partial charge in [0.1, 0.15) is 0 Å². The minimum Gasteiger partial charge on any atom is -0.200 e. The van der Waals surface area contributed by atoms with E-state index in [4.69, 9.17) is 0 Å². The van der Waals surface area contributed by atoms with Gasteiger partial charge in [0.15, 0.2) is 0 Å². The maximum atomic E-state index is 12.5. The van der Waals surface area contributed by atoms with Crippen molar-refractivity contribution < 1.29 is 35.1 Å². The van der Waals surface area contributed by atoms with E-state index in [2.05, 4.69) is 0 Å². The Balaban J connectivity index is 3.67. The standard InChI is InChI=1S/C8F8/c9-1-2(10)4(12)6(14)8(16)7(15)5(13)3(1)11. The molecule has 1 aliphatic carbocycles. The van der Waals surface area contributed by atoms with Gasteiger partial charge in [0.2, 0.25) is 46.6 Å². The molecule has 0 aliphatic heterocycles. The molecule has 1 aliphatic rings. The van der Waals surface area contributed by atoms with Crippen LogP contribution < -0.4 is 0 Å². The average molecular weight is 248 g/mol. The van der Waals surface area contributed by atoms with Gasteiger partial charge in [0, 0.05) is 0 Å². The van der Waals surface area contributed by atoms with Crippen LogP contribution >= 0.6 is 0 Å². The van der Waals surface area contributed by atoms with Crippen LogP contribution in [0, 0.1) is 0 Å². The van der Waals surface area contributed by atoms with Crippen LogP contribution in [0.2, 0.25) is 0 Å². The second-order valence-electron chi connectivity index (χ2n) is 2.51. The van der Waals surface area contributed by atoms with Crippen LogP contribution in [0.25, 0.3) is 0 Å². The number of allylic oxidation sites excluding steroid dienone is 8. The van der Waals surface area contributed by atoms with Gasteiger partial charge in [-0.3, -0.25) is 0 Å². The van der Waals surface area contributed by atoms with Crippen LogP contribution in [0.3, 0.4) is 0 Å². The van der Waals surface area contributed by atoms with E-state index < -0.39 is 46.6 Å². The Bertz CT molecular complexity index is 314. The Morgan fingerprint density at radius 3 is 0.375 bits per heavy atom. The second-order valence-corrected chi connectivity index (χ2v) is 2.51. The summed E-state index contributed by atoms with van der Waals surface area (Å²) in [6.45, 7) is 0. The summed E-state index contributed by atoms with van der Waals surface area (Å²) in [4.78, 5) is 0. The molecule has 88 valence electrons. The molecule has 0 fully saturated rings. The smallest absolute Gasteiger partial charge is 0.200 e. The first kappa shape index (κ1) is 12.5. The molecule has 0 saturated heterocycles. The third-order valence-corrected chi connectivity index (χ3v) is 1.54. The highest BCUT2D eigenvalue weighted by molar-refractivity contribution is 5.46. The van der Waals surface area contributed by atoms with Crippen LogP contribution in [0.15, 0.2) is 46.6 Å². The minimum atomic E-state index is -2.80. The van der Waals surface area contributed by atoms with Gasteiger partial charge in [-0.15, -0.1) is 0 Å². The first-order valence-electron chi connectivity index (χ1n) is 3.51. The van der Waals surface area contributed by atoms with Crippen molar-refractivity contribution in [2.75, 3.05) is 0 Å². The molecule has 0 unspecified atom stereocenters. The SMILES string of the molecule is FC1=C(F)C(F)=C(F)C(F)=C(F)C(F)=C1F. The zero-order chi connectivity index (χ0) is 12.6. The van der Waals surface area contributed by atoms with E-state index in [-0.39, 0.29) is 0 Å². The van der Waals surface area contributed by atoms with Crippen molar-refractivity contribution in [2.45, 2.75) is 0 Å². The molecule has 0 N–H and O–H groups in total. The summed E-state index contributed by atoms with van der Waals surface area (Å²) in [5.41, 5.74) is 0. The number of halogens is 8. The monoisotopic (exact) mass is 248 g/mol. The van der Waals surface area contributed by atoms with Crippen molar-refractivity contribution in [3.05, 3.63) is 46.6 Å². The van der Waals surface area contributed by atoms with Crippen molar-refractivity contribution >= 4 is 0 Å². The van der Waals surface area contributed by atoms with E-state index in [1.54, 1.807) is 0 Å². The second kappa shape index (κ2) is 4.11. The highest BCUT2D eigenvalue weighted by atomic mass is 19.2. The van der Waals surface area contributed by atoms with Crippen molar-refractivity contribution in [2.24, 2.45) is 0 Å². The molecule has 0 saturated carbocycles. The molecular weight excluding hydrogens is 248 g/mol. The van der Waals surface area contributed by atoms with Crippen LogP contribution in [-0.4, -0.2) is 0 Å². The zero-order valence-electron chi connectivity index (χ0n) is 7.02. The van der Waals surface area contributed by atoms with Crippen LogP contribution in [0.5, 0.6) is 0 Å². The third kappa shape index (κ3) is 1.74. The van der Waals surface area contributed by atoms with Gasteiger partial charge >= 0.3 is 0 Å². The lowest BCUT2D eigenvalue weighted by Crippen LogP contribution is -1.97. The van der Waals surface area contributed by atoms with Gasteiger partial charge in [0.25, 0.3) is 0 Å². The Morgan fingerprint density at radius 1 is 0.250 bits per heavy atom. The molecule has 0 bridgehead atoms. The fraction of sp³-hybridized carbons (Fsp3) is 0. The molecule has 0 heterocycles. The number of hydrogen-bond donors (Lipinski definition) is 0. The lowest BCUT2D eigenvalue weighted by molar-refractivity contribution is 0.398. The molecule has 8 heteroatoms. The molecule has 0 nitrogen and oxygen atoms in total. The molecule has 1 rings (SSSR count). The van der Waals surface area contributed by atoms with Gasteiger partial charge in [-0.1, -0.05) is 0 Å². The molecule has 0 aromatic carbocycles. The number of rotatable bonds is 0. The van der Waals surface area contributed by atoms with E-state index in [1.807, 2.05) is 0 Å². The zero-order valence-corrected chi connectivity index (χ0v) is 7.02. The summed E-state index contributed by atoms with van der Waals surface area (Å²) >= 11 is 0. The van der Waals surface area contributed by atoms with Crippen LogP contribution in [-0.2, 0) is 0 Å².